The zero-order chi connectivity index (χ0) is 15.2. The highest BCUT2D eigenvalue weighted by atomic mass is 32.2. The third-order valence-electron chi connectivity index (χ3n) is 2.63. The van der Waals surface area contributed by atoms with E-state index in [-0.39, 0.29) is 19.0 Å². The van der Waals surface area contributed by atoms with Crippen LogP contribution >= 0.6 is 0 Å². The average molecular weight is 299 g/mol. The van der Waals surface area contributed by atoms with Crippen LogP contribution < -0.4 is 15.4 Å². The molecular formula is C13H21N3O3S. The molecule has 7 heteroatoms. The largest absolute Gasteiger partial charge is 0.385 e. The van der Waals surface area contributed by atoms with Gasteiger partial charge in [0.25, 0.3) is 5.91 Å². The molecule has 0 bridgehead atoms. The van der Waals surface area contributed by atoms with Crippen molar-refractivity contribution in [3.63, 3.8) is 0 Å². The Bertz CT molecular complexity index is 570. The van der Waals surface area contributed by atoms with Crippen LogP contribution in [-0.2, 0) is 10.0 Å². The first kappa shape index (κ1) is 16.5. The number of carbonyl (C=O) groups excluding carboxylic acids is 1. The minimum atomic E-state index is -3.22. The van der Waals surface area contributed by atoms with Gasteiger partial charge >= 0.3 is 0 Å². The van der Waals surface area contributed by atoms with Gasteiger partial charge in [0.05, 0.1) is 6.26 Å². The number of nitrogens with one attached hydrogen (secondary N) is 3. The van der Waals surface area contributed by atoms with Crippen molar-refractivity contribution in [2.45, 2.75) is 13.8 Å². The number of benzene rings is 1. The van der Waals surface area contributed by atoms with E-state index in [0.717, 1.165) is 24.1 Å². The van der Waals surface area contributed by atoms with E-state index in [0.29, 0.717) is 5.56 Å². The summed E-state index contributed by atoms with van der Waals surface area (Å²) in [6.45, 7) is 5.12. The SMILES string of the molecule is CCNc1ccc(C(=O)NCCNS(C)(=O)=O)c(C)c1. The van der Waals surface area contributed by atoms with E-state index in [1.54, 1.807) is 6.07 Å². The summed E-state index contributed by atoms with van der Waals surface area (Å²) in [5.41, 5.74) is 2.43. The van der Waals surface area contributed by atoms with Crippen molar-refractivity contribution < 1.29 is 13.2 Å². The van der Waals surface area contributed by atoms with E-state index in [4.69, 9.17) is 0 Å². The van der Waals surface area contributed by atoms with Crippen molar-refractivity contribution in [3.8, 4) is 0 Å². The van der Waals surface area contributed by atoms with Crippen molar-refractivity contribution in [3.05, 3.63) is 29.3 Å². The standard InChI is InChI=1S/C13H21N3O3S/c1-4-14-11-5-6-12(10(2)9-11)13(17)15-7-8-16-20(3,18)19/h5-6,9,14,16H,4,7-8H2,1-3H3,(H,15,17). The Morgan fingerprint density at radius 3 is 2.50 bits per heavy atom. The lowest BCUT2D eigenvalue weighted by atomic mass is 10.1. The Hall–Kier alpha value is -1.60. The molecule has 1 aromatic rings. The summed E-state index contributed by atoms with van der Waals surface area (Å²) in [6.07, 6.45) is 1.08. The van der Waals surface area contributed by atoms with Crippen LogP contribution in [0.3, 0.4) is 0 Å². The van der Waals surface area contributed by atoms with Crippen LogP contribution in [0.15, 0.2) is 18.2 Å². The van der Waals surface area contributed by atoms with Gasteiger partial charge in [-0.25, -0.2) is 13.1 Å². The van der Waals surface area contributed by atoms with E-state index in [1.165, 1.54) is 0 Å². The quantitative estimate of drug-likeness (QED) is 0.647. The topological polar surface area (TPSA) is 87.3 Å². The molecule has 0 fully saturated rings. The van der Waals surface area contributed by atoms with Gasteiger partial charge in [0.15, 0.2) is 0 Å². The number of amides is 1. The van der Waals surface area contributed by atoms with Crippen LogP contribution in [0.4, 0.5) is 5.69 Å². The number of hydrogen-bond donors (Lipinski definition) is 3. The van der Waals surface area contributed by atoms with Gasteiger partial charge in [-0.2, -0.15) is 0 Å². The van der Waals surface area contributed by atoms with Crippen LogP contribution in [0.2, 0.25) is 0 Å². The summed E-state index contributed by atoms with van der Waals surface area (Å²) in [7, 11) is -3.22. The molecule has 0 heterocycles. The molecule has 6 nitrogen and oxygen atoms in total. The third kappa shape index (κ3) is 5.58. The first-order chi connectivity index (χ1) is 9.33. The highest BCUT2D eigenvalue weighted by Gasteiger charge is 2.09. The fourth-order valence-electron chi connectivity index (χ4n) is 1.74. The van der Waals surface area contributed by atoms with Gasteiger partial charge in [-0.1, -0.05) is 0 Å². The molecule has 1 rings (SSSR count). The molecule has 0 aliphatic heterocycles. The second-order valence-corrected chi connectivity index (χ2v) is 6.32. The molecule has 0 aliphatic carbocycles. The highest BCUT2D eigenvalue weighted by molar-refractivity contribution is 7.88. The van der Waals surface area contributed by atoms with Crippen LogP contribution in [0.1, 0.15) is 22.8 Å². The molecule has 0 unspecified atom stereocenters. The van der Waals surface area contributed by atoms with Crippen LogP contribution in [0.5, 0.6) is 0 Å². The third-order valence-corrected chi connectivity index (χ3v) is 3.36. The minimum absolute atomic E-state index is 0.180. The van der Waals surface area contributed by atoms with Gasteiger partial charge in [0.1, 0.15) is 0 Å². The number of hydrogen-bond acceptors (Lipinski definition) is 4. The molecule has 0 atom stereocenters. The van der Waals surface area contributed by atoms with Gasteiger partial charge in [-0.15, -0.1) is 0 Å². The van der Waals surface area contributed by atoms with Crippen molar-refractivity contribution in [1.29, 1.82) is 0 Å². The Kier molecular flexibility index (Phi) is 5.97. The fourth-order valence-corrected chi connectivity index (χ4v) is 2.21. The molecule has 0 radical (unpaired) electrons. The monoisotopic (exact) mass is 299 g/mol. The lowest BCUT2D eigenvalue weighted by Crippen LogP contribution is -2.34. The van der Waals surface area contributed by atoms with Crippen molar-refractivity contribution in [2.24, 2.45) is 0 Å². The molecule has 0 aliphatic rings. The number of carbonyl (C=O) groups is 1. The summed E-state index contributed by atoms with van der Waals surface area (Å²) in [5, 5.41) is 5.85. The van der Waals surface area contributed by atoms with E-state index in [1.807, 2.05) is 26.0 Å². The summed E-state index contributed by atoms with van der Waals surface area (Å²) in [5.74, 6) is -0.208. The predicted molar refractivity (Wildman–Crippen MR) is 80.5 cm³/mol. The first-order valence-corrected chi connectivity index (χ1v) is 8.30. The molecule has 1 aromatic carbocycles. The molecule has 20 heavy (non-hydrogen) atoms. The summed E-state index contributed by atoms with van der Waals surface area (Å²) in [4.78, 5) is 12.0. The average Bonchev–Trinajstić information content (AvgIpc) is 2.34. The maximum atomic E-state index is 12.0. The normalized spacial score (nSPS) is 11.2. The number of rotatable bonds is 7. The van der Waals surface area contributed by atoms with Gasteiger partial charge < -0.3 is 10.6 Å². The van der Waals surface area contributed by atoms with E-state index < -0.39 is 10.0 Å². The zero-order valence-electron chi connectivity index (χ0n) is 12.0. The molecule has 0 saturated heterocycles. The summed E-state index contributed by atoms with van der Waals surface area (Å²) < 4.78 is 24.1. The maximum absolute atomic E-state index is 12.0. The summed E-state index contributed by atoms with van der Waals surface area (Å²) in [6, 6.07) is 5.51. The molecule has 0 saturated carbocycles. The molecule has 112 valence electrons. The Labute approximate surface area is 120 Å². The second kappa shape index (κ2) is 7.25. The van der Waals surface area contributed by atoms with Gasteiger partial charge in [0.2, 0.25) is 10.0 Å². The van der Waals surface area contributed by atoms with Crippen LogP contribution in [0, 0.1) is 6.92 Å². The van der Waals surface area contributed by atoms with Crippen molar-refractivity contribution >= 4 is 21.6 Å². The first-order valence-electron chi connectivity index (χ1n) is 6.41. The number of aryl methyl sites for hydroxylation is 1. The van der Waals surface area contributed by atoms with Gasteiger partial charge in [0, 0.05) is 30.9 Å². The zero-order valence-corrected chi connectivity index (χ0v) is 12.8. The van der Waals surface area contributed by atoms with E-state index >= 15 is 0 Å². The fraction of sp³-hybridized carbons (Fsp3) is 0.462. The molecular weight excluding hydrogens is 278 g/mol. The lowest BCUT2D eigenvalue weighted by Gasteiger charge is -2.10. The predicted octanol–water partition coefficient (Wildman–Crippen LogP) is 0.706. The van der Waals surface area contributed by atoms with Gasteiger partial charge in [-0.05, 0) is 37.6 Å². The second-order valence-electron chi connectivity index (χ2n) is 4.48. The lowest BCUT2D eigenvalue weighted by molar-refractivity contribution is 0.0953. The van der Waals surface area contributed by atoms with Crippen molar-refractivity contribution in [2.75, 3.05) is 31.2 Å². The van der Waals surface area contributed by atoms with Crippen LogP contribution in [0.25, 0.3) is 0 Å². The maximum Gasteiger partial charge on any atom is 0.251 e. The minimum Gasteiger partial charge on any atom is -0.385 e. The van der Waals surface area contributed by atoms with E-state index in [9.17, 15) is 13.2 Å². The molecule has 3 N–H and O–H groups in total. The Morgan fingerprint density at radius 2 is 1.95 bits per heavy atom. The summed E-state index contributed by atoms with van der Waals surface area (Å²) >= 11 is 0. The number of anilines is 1. The molecule has 0 spiro atoms. The highest BCUT2D eigenvalue weighted by Crippen LogP contribution is 2.14. The Balaban J connectivity index is 2.55. The molecule has 1 amide bonds. The van der Waals surface area contributed by atoms with E-state index in [2.05, 4.69) is 15.4 Å². The van der Waals surface area contributed by atoms with Crippen LogP contribution in [-0.4, -0.2) is 40.2 Å². The molecule has 0 aromatic heterocycles. The smallest absolute Gasteiger partial charge is 0.251 e. The number of sulfonamides is 1. The Morgan fingerprint density at radius 1 is 1.25 bits per heavy atom. The van der Waals surface area contributed by atoms with Gasteiger partial charge in [-0.3, -0.25) is 4.79 Å². The van der Waals surface area contributed by atoms with Crippen molar-refractivity contribution in [1.82, 2.24) is 10.0 Å².